The highest BCUT2D eigenvalue weighted by atomic mass is 79.9. The molecule has 0 saturated carbocycles. The van der Waals surface area contributed by atoms with E-state index in [4.69, 9.17) is 0 Å². The molecule has 0 spiro atoms. The molecule has 0 bridgehead atoms. The summed E-state index contributed by atoms with van der Waals surface area (Å²) in [7, 11) is 0. The Balaban J connectivity index is 3.13. The molecule has 0 unspecified atom stereocenters. The molecular weight excluding hydrogens is 251 g/mol. The Hall–Kier alpha value is -0.910. The number of Topliss-reactive ketones (excluding diaryl/α,β-unsaturated/α-hetero) is 1. The first-order chi connectivity index (χ1) is 6.02. The lowest BCUT2D eigenvalue weighted by molar-refractivity contribution is 0.0674. The molecule has 0 aliphatic rings. The number of carbonyl (C=O) groups is 1. The van der Waals surface area contributed by atoms with Crippen LogP contribution in [-0.2, 0) is 0 Å². The standard InChI is InChI=1S/C7H3BrF3NO/c8-5-1-3(4(9)2-12-5)6(13)7(10)11/h1-2,7H. The Bertz CT molecular complexity index is 343. The highest BCUT2D eigenvalue weighted by molar-refractivity contribution is 9.10. The Morgan fingerprint density at radius 1 is 1.54 bits per heavy atom. The van der Waals surface area contributed by atoms with E-state index in [2.05, 4.69) is 20.9 Å². The zero-order chi connectivity index (χ0) is 10.0. The quantitative estimate of drug-likeness (QED) is 0.599. The van der Waals surface area contributed by atoms with E-state index in [-0.39, 0.29) is 4.60 Å². The molecule has 0 N–H and O–H groups in total. The molecule has 0 radical (unpaired) electrons. The van der Waals surface area contributed by atoms with Gasteiger partial charge in [-0.3, -0.25) is 4.79 Å². The maximum absolute atomic E-state index is 12.7. The van der Waals surface area contributed by atoms with Crippen LogP contribution in [0.4, 0.5) is 13.2 Å². The summed E-state index contributed by atoms with van der Waals surface area (Å²) in [4.78, 5) is 14.1. The fraction of sp³-hybridized carbons (Fsp3) is 0.143. The Labute approximate surface area is 79.9 Å². The largest absolute Gasteiger partial charge is 0.300 e. The van der Waals surface area contributed by atoms with Crippen LogP contribution in [0.15, 0.2) is 16.9 Å². The second-order valence-electron chi connectivity index (χ2n) is 2.15. The third kappa shape index (κ3) is 2.27. The molecule has 70 valence electrons. The van der Waals surface area contributed by atoms with E-state index >= 15 is 0 Å². The van der Waals surface area contributed by atoms with Crippen molar-refractivity contribution >= 4 is 21.7 Å². The van der Waals surface area contributed by atoms with Crippen LogP contribution < -0.4 is 0 Å². The molecule has 6 heteroatoms. The van der Waals surface area contributed by atoms with Crippen molar-refractivity contribution in [2.24, 2.45) is 0 Å². The van der Waals surface area contributed by atoms with E-state index in [1.807, 2.05) is 0 Å². The van der Waals surface area contributed by atoms with Gasteiger partial charge in [0.25, 0.3) is 0 Å². The van der Waals surface area contributed by atoms with Gasteiger partial charge in [0.15, 0.2) is 5.82 Å². The second-order valence-corrected chi connectivity index (χ2v) is 2.96. The summed E-state index contributed by atoms with van der Waals surface area (Å²) in [6.07, 6.45) is -2.50. The van der Waals surface area contributed by atoms with E-state index in [9.17, 15) is 18.0 Å². The average molecular weight is 254 g/mol. The Morgan fingerprint density at radius 3 is 2.69 bits per heavy atom. The SMILES string of the molecule is O=C(c1cc(Br)ncc1F)C(F)F. The van der Waals surface area contributed by atoms with Gasteiger partial charge in [0, 0.05) is 0 Å². The first kappa shape index (κ1) is 10.2. The van der Waals surface area contributed by atoms with Gasteiger partial charge in [-0.15, -0.1) is 0 Å². The first-order valence-electron chi connectivity index (χ1n) is 3.16. The van der Waals surface area contributed by atoms with Crippen molar-refractivity contribution < 1.29 is 18.0 Å². The fourth-order valence-electron chi connectivity index (χ4n) is 0.720. The van der Waals surface area contributed by atoms with Gasteiger partial charge in [-0.25, -0.2) is 18.2 Å². The third-order valence-corrected chi connectivity index (χ3v) is 1.72. The van der Waals surface area contributed by atoms with E-state index in [0.29, 0.717) is 6.20 Å². The lowest BCUT2D eigenvalue weighted by Gasteiger charge is -2.00. The smallest absolute Gasteiger partial charge is 0.288 e. The van der Waals surface area contributed by atoms with E-state index in [0.717, 1.165) is 6.07 Å². The number of ketones is 1. The summed E-state index contributed by atoms with van der Waals surface area (Å²) in [5.41, 5.74) is -0.656. The molecule has 0 aromatic carbocycles. The van der Waals surface area contributed by atoms with Crippen LogP contribution in [0.2, 0.25) is 0 Å². The van der Waals surface area contributed by atoms with E-state index in [1.54, 1.807) is 0 Å². The minimum atomic E-state index is -3.20. The summed E-state index contributed by atoms with van der Waals surface area (Å²) in [6, 6.07) is 0.920. The minimum Gasteiger partial charge on any atom is -0.288 e. The second kappa shape index (κ2) is 3.87. The van der Waals surface area contributed by atoms with Crippen molar-refractivity contribution in [3.05, 3.63) is 28.2 Å². The number of nitrogens with zero attached hydrogens (tertiary/aromatic N) is 1. The molecule has 13 heavy (non-hydrogen) atoms. The number of rotatable bonds is 2. The molecular formula is C7H3BrF3NO. The molecule has 0 saturated heterocycles. The van der Waals surface area contributed by atoms with Gasteiger partial charge in [0.05, 0.1) is 11.8 Å². The molecule has 2 nitrogen and oxygen atoms in total. The van der Waals surface area contributed by atoms with Crippen LogP contribution in [0.25, 0.3) is 0 Å². The normalized spacial score (nSPS) is 10.5. The first-order valence-corrected chi connectivity index (χ1v) is 3.95. The van der Waals surface area contributed by atoms with Crippen LogP contribution >= 0.6 is 15.9 Å². The summed E-state index contributed by atoms with van der Waals surface area (Å²) < 4.78 is 36.6. The summed E-state index contributed by atoms with van der Waals surface area (Å²) >= 11 is 2.84. The number of aromatic nitrogens is 1. The molecule has 1 heterocycles. The number of halogens is 4. The molecule has 0 amide bonds. The van der Waals surface area contributed by atoms with Crippen molar-refractivity contribution in [3.63, 3.8) is 0 Å². The van der Waals surface area contributed by atoms with Crippen LogP contribution in [-0.4, -0.2) is 17.2 Å². The van der Waals surface area contributed by atoms with Crippen molar-refractivity contribution in [2.45, 2.75) is 6.43 Å². The van der Waals surface area contributed by atoms with Crippen LogP contribution in [0.3, 0.4) is 0 Å². The number of carbonyl (C=O) groups excluding carboxylic acids is 1. The van der Waals surface area contributed by atoms with Crippen molar-refractivity contribution in [3.8, 4) is 0 Å². The van der Waals surface area contributed by atoms with Crippen molar-refractivity contribution in [2.75, 3.05) is 0 Å². The number of alkyl halides is 2. The molecule has 1 aromatic rings. The highest BCUT2D eigenvalue weighted by Crippen LogP contribution is 2.15. The Kier molecular flexibility index (Phi) is 3.02. The van der Waals surface area contributed by atoms with Gasteiger partial charge in [-0.1, -0.05) is 0 Å². The summed E-state index contributed by atoms with van der Waals surface area (Å²) in [6.45, 7) is 0. The predicted octanol–water partition coefficient (Wildman–Crippen LogP) is 2.43. The minimum absolute atomic E-state index is 0.137. The average Bonchev–Trinajstić information content (AvgIpc) is 2.08. The van der Waals surface area contributed by atoms with Crippen molar-refractivity contribution in [1.82, 2.24) is 4.98 Å². The van der Waals surface area contributed by atoms with Crippen LogP contribution in [0.5, 0.6) is 0 Å². The lowest BCUT2D eigenvalue weighted by Crippen LogP contribution is -2.12. The van der Waals surface area contributed by atoms with Crippen LogP contribution in [0.1, 0.15) is 10.4 Å². The molecule has 1 rings (SSSR count). The topological polar surface area (TPSA) is 30.0 Å². The zero-order valence-electron chi connectivity index (χ0n) is 6.10. The molecule has 0 atom stereocenters. The molecule has 1 aromatic heterocycles. The summed E-state index contributed by atoms with van der Waals surface area (Å²) in [5.74, 6) is -2.59. The van der Waals surface area contributed by atoms with Gasteiger partial charge in [0.1, 0.15) is 4.60 Å². The number of hydrogen-bond donors (Lipinski definition) is 0. The fourth-order valence-corrected chi connectivity index (χ4v) is 1.05. The van der Waals surface area contributed by atoms with Crippen molar-refractivity contribution in [1.29, 1.82) is 0 Å². The number of pyridine rings is 1. The molecule has 0 fully saturated rings. The van der Waals surface area contributed by atoms with Gasteiger partial charge in [0.2, 0.25) is 5.78 Å². The Morgan fingerprint density at radius 2 is 2.15 bits per heavy atom. The lowest BCUT2D eigenvalue weighted by atomic mass is 10.2. The van der Waals surface area contributed by atoms with Gasteiger partial charge < -0.3 is 0 Å². The highest BCUT2D eigenvalue weighted by Gasteiger charge is 2.21. The predicted molar refractivity (Wildman–Crippen MR) is 42.2 cm³/mol. The number of hydrogen-bond acceptors (Lipinski definition) is 2. The van der Waals surface area contributed by atoms with E-state index in [1.165, 1.54) is 0 Å². The van der Waals surface area contributed by atoms with Gasteiger partial charge >= 0.3 is 6.43 Å². The molecule has 0 aliphatic carbocycles. The van der Waals surface area contributed by atoms with Gasteiger partial charge in [-0.05, 0) is 22.0 Å². The molecule has 0 aliphatic heterocycles. The maximum atomic E-state index is 12.7. The van der Waals surface area contributed by atoms with Gasteiger partial charge in [-0.2, -0.15) is 0 Å². The van der Waals surface area contributed by atoms with E-state index < -0.39 is 23.6 Å². The van der Waals surface area contributed by atoms with Crippen LogP contribution in [0, 0.1) is 5.82 Å². The maximum Gasteiger partial charge on any atom is 0.300 e. The zero-order valence-corrected chi connectivity index (χ0v) is 7.69. The monoisotopic (exact) mass is 253 g/mol. The third-order valence-electron chi connectivity index (χ3n) is 1.29. The summed E-state index contributed by atoms with van der Waals surface area (Å²) in [5, 5.41) is 0.